The zero-order valence-electron chi connectivity index (χ0n) is 7.83. The third-order valence-electron chi connectivity index (χ3n) is 1.74. The van der Waals surface area contributed by atoms with E-state index in [0.29, 0.717) is 5.03 Å². The van der Waals surface area contributed by atoms with Gasteiger partial charge in [0.05, 0.1) is 0 Å². The fraction of sp³-hybridized carbons (Fsp3) is 0.273. The maximum Gasteiger partial charge on any atom is 0.0336 e. The molecule has 1 aromatic rings. The molecule has 0 aliphatic heterocycles. The van der Waals surface area contributed by atoms with E-state index in [9.17, 15) is 0 Å². The number of hydrogen-bond donors (Lipinski definition) is 0. The molecule has 0 amide bonds. The van der Waals surface area contributed by atoms with Crippen molar-refractivity contribution in [2.45, 2.75) is 6.54 Å². The van der Waals surface area contributed by atoms with Gasteiger partial charge in [0, 0.05) is 18.1 Å². The predicted molar refractivity (Wildman–Crippen MR) is 57.8 cm³/mol. The van der Waals surface area contributed by atoms with Crippen molar-refractivity contribution in [1.82, 2.24) is 4.90 Å². The molecule has 2 heteroatoms. The highest BCUT2D eigenvalue weighted by atomic mass is 35.5. The van der Waals surface area contributed by atoms with E-state index in [1.165, 1.54) is 5.56 Å². The van der Waals surface area contributed by atoms with Crippen LogP contribution in [0.2, 0.25) is 0 Å². The molecular weight excluding hydrogens is 182 g/mol. The Balaban J connectivity index is 2.45. The molecular formula is C11H14ClN. The summed E-state index contributed by atoms with van der Waals surface area (Å²) in [6.45, 7) is 5.30. The molecule has 0 fully saturated rings. The molecule has 0 saturated heterocycles. The standard InChI is InChI=1S/C11H14ClN/c1-10(12)8-13(2)9-11-6-4-3-5-7-11/h3-7H,1,8-9H2,2H3. The van der Waals surface area contributed by atoms with Gasteiger partial charge in [-0.15, -0.1) is 0 Å². The molecule has 13 heavy (non-hydrogen) atoms. The monoisotopic (exact) mass is 195 g/mol. The molecule has 0 spiro atoms. The van der Waals surface area contributed by atoms with Crippen molar-refractivity contribution in [3.8, 4) is 0 Å². The van der Waals surface area contributed by atoms with E-state index in [0.717, 1.165) is 13.1 Å². The van der Waals surface area contributed by atoms with Crippen molar-refractivity contribution < 1.29 is 0 Å². The summed E-state index contributed by atoms with van der Waals surface area (Å²) in [6.07, 6.45) is 0. The molecule has 0 aliphatic rings. The van der Waals surface area contributed by atoms with Gasteiger partial charge in [-0.2, -0.15) is 0 Å². The van der Waals surface area contributed by atoms with Gasteiger partial charge in [-0.05, 0) is 12.6 Å². The lowest BCUT2D eigenvalue weighted by atomic mass is 10.2. The normalized spacial score (nSPS) is 10.4. The van der Waals surface area contributed by atoms with Crippen LogP contribution < -0.4 is 0 Å². The van der Waals surface area contributed by atoms with Crippen LogP contribution in [0.1, 0.15) is 5.56 Å². The summed E-state index contributed by atoms with van der Waals surface area (Å²) in [6, 6.07) is 10.3. The second-order valence-electron chi connectivity index (χ2n) is 3.18. The van der Waals surface area contributed by atoms with Crippen LogP contribution in [-0.2, 0) is 6.54 Å². The van der Waals surface area contributed by atoms with Crippen LogP contribution in [0.3, 0.4) is 0 Å². The van der Waals surface area contributed by atoms with Crippen LogP contribution in [0.5, 0.6) is 0 Å². The average molecular weight is 196 g/mol. The van der Waals surface area contributed by atoms with Crippen molar-refractivity contribution in [2.75, 3.05) is 13.6 Å². The minimum absolute atomic E-state index is 0.679. The largest absolute Gasteiger partial charge is 0.297 e. The van der Waals surface area contributed by atoms with E-state index in [1.807, 2.05) is 25.2 Å². The molecule has 0 saturated carbocycles. The third-order valence-corrected chi connectivity index (χ3v) is 1.86. The summed E-state index contributed by atoms with van der Waals surface area (Å²) < 4.78 is 0. The van der Waals surface area contributed by atoms with Gasteiger partial charge in [0.15, 0.2) is 0 Å². The molecule has 0 N–H and O–H groups in total. The van der Waals surface area contributed by atoms with E-state index in [4.69, 9.17) is 11.6 Å². The first-order valence-electron chi connectivity index (χ1n) is 4.24. The summed E-state index contributed by atoms with van der Waals surface area (Å²) >= 11 is 5.70. The quantitative estimate of drug-likeness (QED) is 0.714. The number of halogens is 1. The van der Waals surface area contributed by atoms with Crippen molar-refractivity contribution in [1.29, 1.82) is 0 Å². The van der Waals surface area contributed by atoms with Gasteiger partial charge in [-0.25, -0.2) is 0 Å². The Morgan fingerprint density at radius 1 is 1.38 bits per heavy atom. The van der Waals surface area contributed by atoms with Gasteiger partial charge in [0.1, 0.15) is 0 Å². The number of likely N-dealkylation sites (N-methyl/N-ethyl adjacent to an activating group) is 1. The highest BCUT2D eigenvalue weighted by Crippen LogP contribution is 2.05. The fourth-order valence-electron chi connectivity index (χ4n) is 1.24. The van der Waals surface area contributed by atoms with Crippen LogP contribution in [0.4, 0.5) is 0 Å². The first kappa shape index (κ1) is 10.3. The Kier molecular flexibility index (Phi) is 4.00. The lowest BCUT2D eigenvalue weighted by molar-refractivity contribution is 0.361. The van der Waals surface area contributed by atoms with Gasteiger partial charge in [0.2, 0.25) is 0 Å². The molecule has 1 aromatic carbocycles. The van der Waals surface area contributed by atoms with Crippen molar-refractivity contribution in [2.24, 2.45) is 0 Å². The molecule has 70 valence electrons. The zero-order chi connectivity index (χ0) is 9.68. The van der Waals surface area contributed by atoms with Crippen LogP contribution in [0.15, 0.2) is 41.9 Å². The van der Waals surface area contributed by atoms with Gasteiger partial charge in [-0.3, -0.25) is 4.90 Å². The molecule has 0 aliphatic carbocycles. The Bertz CT molecular complexity index is 269. The zero-order valence-corrected chi connectivity index (χ0v) is 8.59. The van der Waals surface area contributed by atoms with Crippen molar-refractivity contribution in [3.63, 3.8) is 0 Å². The minimum atomic E-state index is 0.679. The van der Waals surface area contributed by atoms with Crippen LogP contribution in [-0.4, -0.2) is 18.5 Å². The number of nitrogens with zero attached hydrogens (tertiary/aromatic N) is 1. The Hall–Kier alpha value is -0.790. The summed E-state index contributed by atoms with van der Waals surface area (Å²) in [5.41, 5.74) is 1.29. The first-order chi connectivity index (χ1) is 6.18. The Labute approximate surface area is 84.6 Å². The number of rotatable bonds is 4. The second kappa shape index (κ2) is 5.05. The lowest BCUT2D eigenvalue weighted by Crippen LogP contribution is -2.18. The SMILES string of the molecule is C=C(Cl)CN(C)Cc1ccccc1. The molecule has 0 heterocycles. The van der Waals surface area contributed by atoms with Gasteiger partial charge >= 0.3 is 0 Å². The van der Waals surface area contributed by atoms with E-state index < -0.39 is 0 Å². The molecule has 0 aromatic heterocycles. The van der Waals surface area contributed by atoms with Gasteiger partial charge in [0.25, 0.3) is 0 Å². The average Bonchev–Trinajstić information content (AvgIpc) is 2.04. The topological polar surface area (TPSA) is 3.24 Å². The van der Waals surface area contributed by atoms with E-state index in [-0.39, 0.29) is 0 Å². The van der Waals surface area contributed by atoms with E-state index in [2.05, 4.69) is 23.6 Å². The highest BCUT2D eigenvalue weighted by Gasteiger charge is 1.99. The number of hydrogen-bond acceptors (Lipinski definition) is 1. The predicted octanol–water partition coefficient (Wildman–Crippen LogP) is 2.87. The molecule has 1 rings (SSSR count). The minimum Gasteiger partial charge on any atom is -0.297 e. The van der Waals surface area contributed by atoms with Crippen LogP contribution >= 0.6 is 11.6 Å². The van der Waals surface area contributed by atoms with Gasteiger partial charge in [-0.1, -0.05) is 48.5 Å². The van der Waals surface area contributed by atoms with Crippen LogP contribution in [0, 0.1) is 0 Å². The maximum absolute atomic E-state index is 5.70. The van der Waals surface area contributed by atoms with Crippen molar-refractivity contribution in [3.05, 3.63) is 47.5 Å². The first-order valence-corrected chi connectivity index (χ1v) is 4.62. The molecule has 1 nitrogen and oxygen atoms in total. The molecule has 0 bridgehead atoms. The molecule has 0 unspecified atom stereocenters. The lowest BCUT2D eigenvalue weighted by Gasteiger charge is -2.15. The van der Waals surface area contributed by atoms with E-state index >= 15 is 0 Å². The summed E-state index contributed by atoms with van der Waals surface area (Å²) in [5.74, 6) is 0. The highest BCUT2D eigenvalue weighted by molar-refractivity contribution is 6.29. The maximum atomic E-state index is 5.70. The van der Waals surface area contributed by atoms with Crippen LogP contribution in [0.25, 0.3) is 0 Å². The van der Waals surface area contributed by atoms with E-state index in [1.54, 1.807) is 0 Å². The summed E-state index contributed by atoms with van der Waals surface area (Å²) in [4.78, 5) is 2.13. The fourth-order valence-corrected chi connectivity index (χ4v) is 1.45. The van der Waals surface area contributed by atoms with Gasteiger partial charge < -0.3 is 0 Å². The number of benzene rings is 1. The molecule has 0 radical (unpaired) electrons. The third kappa shape index (κ3) is 4.11. The Morgan fingerprint density at radius 3 is 2.54 bits per heavy atom. The summed E-state index contributed by atoms with van der Waals surface area (Å²) in [7, 11) is 2.03. The second-order valence-corrected chi connectivity index (χ2v) is 3.71. The van der Waals surface area contributed by atoms with Crippen molar-refractivity contribution >= 4 is 11.6 Å². The molecule has 0 atom stereocenters. The smallest absolute Gasteiger partial charge is 0.0336 e. The Morgan fingerprint density at radius 2 is 2.00 bits per heavy atom. The summed E-state index contributed by atoms with van der Waals surface area (Å²) in [5, 5.41) is 0.679.